The van der Waals surface area contributed by atoms with Crippen LogP contribution >= 0.6 is 0 Å². The second kappa shape index (κ2) is 7.04. The van der Waals surface area contributed by atoms with Gasteiger partial charge in [0.1, 0.15) is 5.82 Å². The van der Waals surface area contributed by atoms with Gasteiger partial charge < -0.3 is 15.1 Å². The first-order chi connectivity index (χ1) is 9.45. The lowest BCUT2D eigenvalue weighted by Crippen LogP contribution is -2.38. The minimum Gasteiger partial charge on any atom is -0.396 e. The Balaban J connectivity index is 3.01. The van der Waals surface area contributed by atoms with Crippen molar-refractivity contribution >= 4 is 5.70 Å². The van der Waals surface area contributed by atoms with Crippen LogP contribution in [0, 0.1) is 22.6 Å². The van der Waals surface area contributed by atoms with Crippen molar-refractivity contribution in [2.75, 3.05) is 26.8 Å². The van der Waals surface area contributed by atoms with Crippen molar-refractivity contribution in [2.24, 2.45) is 5.41 Å². The predicted molar refractivity (Wildman–Crippen MR) is 74.9 cm³/mol. The molecule has 0 saturated carbocycles. The van der Waals surface area contributed by atoms with Crippen molar-refractivity contribution in [3.8, 4) is 6.07 Å². The number of hydrogen-bond donors (Lipinski definition) is 2. The Morgan fingerprint density at radius 1 is 1.35 bits per heavy atom. The van der Waals surface area contributed by atoms with Gasteiger partial charge in [-0.05, 0) is 29.8 Å². The summed E-state index contributed by atoms with van der Waals surface area (Å²) >= 11 is 0. The van der Waals surface area contributed by atoms with E-state index in [1.54, 1.807) is 31.0 Å². The predicted octanol–water partition coefficient (Wildman–Crippen LogP) is 1.61. The number of benzene rings is 1. The third-order valence-corrected chi connectivity index (χ3v) is 3.13. The lowest BCUT2D eigenvalue weighted by molar-refractivity contribution is 0.0539. The average molecular weight is 278 g/mol. The number of hydrogen-bond acceptors (Lipinski definition) is 4. The highest BCUT2D eigenvalue weighted by Gasteiger charge is 2.25. The van der Waals surface area contributed by atoms with Gasteiger partial charge >= 0.3 is 0 Å². The van der Waals surface area contributed by atoms with E-state index in [1.807, 2.05) is 6.07 Å². The maximum Gasteiger partial charge on any atom is 0.123 e. The zero-order valence-electron chi connectivity index (χ0n) is 11.7. The monoisotopic (exact) mass is 278 g/mol. The van der Waals surface area contributed by atoms with Crippen LogP contribution < -0.4 is 0 Å². The number of nitrogens with zero attached hydrogens (tertiary/aromatic N) is 2. The largest absolute Gasteiger partial charge is 0.396 e. The molecule has 1 aromatic rings. The molecule has 0 heterocycles. The van der Waals surface area contributed by atoms with Crippen molar-refractivity contribution in [1.29, 1.82) is 5.26 Å². The molecule has 0 unspecified atom stereocenters. The van der Waals surface area contributed by atoms with Crippen molar-refractivity contribution in [1.82, 2.24) is 4.90 Å². The quantitative estimate of drug-likeness (QED) is 0.776. The molecule has 1 aromatic carbocycles. The van der Waals surface area contributed by atoms with Gasteiger partial charge in [0, 0.05) is 25.1 Å². The van der Waals surface area contributed by atoms with Gasteiger partial charge in [-0.2, -0.15) is 5.26 Å². The number of allylic oxidation sites excluding steroid dienone is 1. The molecule has 0 aliphatic rings. The molecule has 0 saturated heterocycles. The highest BCUT2D eigenvalue weighted by molar-refractivity contribution is 5.66. The van der Waals surface area contributed by atoms with Crippen LogP contribution in [0.2, 0.25) is 0 Å². The molecule has 0 spiro atoms. The Morgan fingerprint density at radius 2 is 1.90 bits per heavy atom. The molecule has 0 aliphatic heterocycles. The number of nitriles is 1. The van der Waals surface area contributed by atoms with Crippen molar-refractivity contribution in [2.45, 2.75) is 6.92 Å². The van der Waals surface area contributed by atoms with E-state index in [2.05, 4.69) is 0 Å². The van der Waals surface area contributed by atoms with Gasteiger partial charge in [0.15, 0.2) is 0 Å². The van der Waals surface area contributed by atoms with Gasteiger partial charge in [-0.1, -0.05) is 6.92 Å². The van der Waals surface area contributed by atoms with E-state index in [-0.39, 0.29) is 19.0 Å². The zero-order valence-corrected chi connectivity index (χ0v) is 11.7. The van der Waals surface area contributed by atoms with Gasteiger partial charge in [-0.25, -0.2) is 4.39 Å². The molecule has 0 atom stereocenters. The maximum atomic E-state index is 13.0. The summed E-state index contributed by atoms with van der Waals surface area (Å²) in [5.41, 5.74) is 0.637. The van der Waals surface area contributed by atoms with Crippen LogP contribution in [-0.2, 0) is 0 Å². The number of aliphatic hydroxyl groups is 2. The van der Waals surface area contributed by atoms with Gasteiger partial charge in [-0.15, -0.1) is 0 Å². The van der Waals surface area contributed by atoms with Crippen molar-refractivity contribution in [3.05, 3.63) is 41.7 Å². The van der Waals surface area contributed by atoms with E-state index in [4.69, 9.17) is 5.26 Å². The molecule has 0 bridgehead atoms. The molecular weight excluding hydrogens is 259 g/mol. The smallest absolute Gasteiger partial charge is 0.123 e. The molecule has 5 heteroatoms. The number of halogens is 1. The summed E-state index contributed by atoms with van der Waals surface area (Å²) in [7, 11) is 1.76. The van der Waals surface area contributed by atoms with E-state index in [1.165, 1.54) is 18.2 Å². The molecule has 0 amide bonds. The molecule has 0 radical (unpaired) electrons. The van der Waals surface area contributed by atoms with Crippen LogP contribution in [0.4, 0.5) is 4.39 Å². The average Bonchev–Trinajstić information content (AvgIpc) is 2.45. The summed E-state index contributed by atoms with van der Waals surface area (Å²) in [5.74, 6) is -0.344. The van der Waals surface area contributed by atoms with E-state index >= 15 is 0 Å². The minimum atomic E-state index is -0.677. The van der Waals surface area contributed by atoms with Gasteiger partial charge in [0.2, 0.25) is 0 Å². The fourth-order valence-corrected chi connectivity index (χ4v) is 1.90. The minimum absolute atomic E-state index is 0.170. The van der Waals surface area contributed by atoms with Crippen LogP contribution in [0.3, 0.4) is 0 Å². The molecule has 4 nitrogen and oxygen atoms in total. The lowest BCUT2D eigenvalue weighted by atomic mass is 9.92. The summed E-state index contributed by atoms with van der Waals surface area (Å²) in [6.07, 6.45) is 1.36. The summed E-state index contributed by atoms with van der Waals surface area (Å²) in [5, 5.41) is 27.6. The van der Waals surface area contributed by atoms with Crippen LogP contribution in [0.5, 0.6) is 0 Å². The first-order valence-electron chi connectivity index (χ1n) is 6.24. The number of rotatable bonds is 6. The highest BCUT2D eigenvalue weighted by Crippen LogP contribution is 2.23. The fourth-order valence-electron chi connectivity index (χ4n) is 1.90. The molecule has 2 N–H and O–H groups in total. The summed E-state index contributed by atoms with van der Waals surface area (Å²) < 4.78 is 13.0. The fraction of sp³-hybridized carbons (Fsp3) is 0.400. The Hall–Kier alpha value is -1.90. The van der Waals surface area contributed by atoms with Crippen molar-refractivity contribution < 1.29 is 14.6 Å². The summed E-state index contributed by atoms with van der Waals surface area (Å²) in [6, 6.07) is 7.79. The second-order valence-electron chi connectivity index (χ2n) is 5.15. The van der Waals surface area contributed by atoms with Crippen LogP contribution in [0.15, 0.2) is 30.3 Å². The third-order valence-electron chi connectivity index (χ3n) is 3.13. The first-order valence-corrected chi connectivity index (χ1v) is 6.24. The van der Waals surface area contributed by atoms with Crippen LogP contribution in [0.25, 0.3) is 5.70 Å². The summed E-state index contributed by atoms with van der Waals surface area (Å²) in [4.78, 5) is 1.77. The Labute approximate surface area is 118 Å². The molecule has 0 aromatic heterocycles. The molecule has 0 fully saturated rings. The molecule has 0 aliphatic carbocycles. The van der Waals surface area contributed by atoms with E-state index in [0.29, 0.717) is 17.8 Å². The van der Waals surface area contributed by atoms with Gasteiger partial charge in [0.05, 0.1) is 25.0 Å². The number of aliphatic hydroxyl groups excluding tert-OH is 2. The van der Waals surface area contributed by atoms with Crippen molar-refractivity contribution in [3.63, 3.8) is 0 Å². The Morgan fingerprint density at radius 3 is 2.35 bits per heavy atom. The van der Waals surface area contributed by atoms with E-state index in [0.717, 1.165) is 0 Å². The third kappa shape index (κ3) is 4.05. The van der Waals surface area contributed by atoms with Gasteiger partial charge in [0.25, 0.3) is 0 Å². The zero-order chi connectivity index (χ0) is 15.2. The molecule has 20 heavy (non-hydrogen) atoms. The summed E-state index contributed by atoms with van der Waals surface area (Å²) in [6.45, 7) is 1.78. The topological polar surface area (TPSA) is 67.5 Å². The van der Waals surface area contributed by atoms with Crippen LogP contribution in [0.1, 0.15) is 12.5 Å². The van der Waals surface area contributed by atoms with Crippen LogP contribution in [-0.4, -0.2) is 41.9 Å². The normalized spacial score (nSPS) is 12.1. The Bertz CT molecular complexity index is 502. The van der Waals surface area contributed by atoms with Gasteiger partial charge in [-0.3, -0.25) is 0 Å². The van der Waals surface area contributed by atoms with E-state index in [9.17, 15) is 14.6 Å². The standard InChI is InChI=1S/C15H19FN2O2/c1-15(10-19,11-20)9-18(2)14(7-8-17)12-3-5-13(16)6-4-12/h3-7,19-20H,9-11H2,1-2H3/b14-7+. The highest BCUT2D eigenvalue weighted by atomic mass is 19.1. The molecular formula is C15H19FN2O2. The Kier molecular flexibility index (Phi) is 5.68. The first kappa shape index (κ1) is 16.2. The second-order valence-corrected chi connectivity index (χ2v) is 5.15. The SMILES string of the molecule is CN(CC(C)(CO)CO)/C(=C/C#N)c1ccc(F)cc1. The van der Waals surface area contributed by atoms with E-state index < -0.39 is 5.41 Å². The molecule has 108 valence electrons. The lowest BCUT2D eigenvalue weighted by Gasteiger charge is -2.32. The molecule has 1 rings (SSSR count). The maximum absolute atomic E-state index is 13.0.